The maximum absolute atomic E-state index is 8.33. The van der Waals surface area contributed by atoms with Crippen molar-refractivity contribution in [2.45, 2.75) is 26.2 Å². The molecule has 0 unspecified atom stereocenters. The molecule has 0 saturated carbocycles. The number of unbranched alkanes of at least 4 members (excludes halogenated alkanes) is 2. The molecule has 0 amide bonds. The van der Waals surface area contributed by atoms with Crippen molar-refractivity contribution in [3.63, 3.8) is 0 Å². The van der Waals surface area contributed by atoms with Gasteiger partial charge in [0.05, 0.1) is 0 Å². The Bertz CT molecular complexity index is 58.2. The van der Waals surface area contributed by atoms with Crippen LogP contribution in [0.5, 0.6) is 0 Å². The molecule has 0 saturated heterocycles. The molecule has 0 atom stereocenters. The van der Waals surface area contributed by atoms with Crippen LogP contribution in [0.2, 0.25) is 0 Å². The quantitative estimate of drug-likeness (QED) is 0.486. The second-order valence-electron chi connectivity index (χ2n) is 1.79. The topological polar surface area (TPSA) is 49.7 Å². The fraction of sp³-hybridized carbons (Fsp3) is 1.00. The Morgan fingerprint density at radius 2 is 2.00 bits per heavy atom. The number of hydrogen-bond acceptors (Lipinski definition) is 3. The summed E-state index contributed by atoms with van der Waals surface area (Å²) in [5.74, 6) is 0. The van der Waals surface area contributed by atoms with Crippen molar-refractivity contribution < 1.29 is 11.9 Å². The third kappa shape index (κ3) is 8.44. The van der Waals surface area contributed by atoms with Crippen molar-refractivity contribution in [3.05, 3.63) is 0 Å². The molecule has 3 nitrogen and oxygen atoms in total. The van der Waals surface area contributed by atoms with Gasteiger partial charge in [-0.15, -0.1) is 0 Å². The van der Waals surface area contributed by atoms with E-state index in [2.05, 4.69) is 10.6 Å². The zero-order valence-electron chi connectivity index (χ0n) is 5.58. The van der Waals surface area contributed by atoms with E-state index in [1.807, 2.05) is 0 Å². The zero-order valence-corrected chi connectivity index (χ0v) is 7.45. The number of hydrogen-bond donors (Lipinski definition) is 2. The van der Waals surface area contributed by atoms with Crippen LogP contribution in [0, 0.1) is 0 Å². The molecule has 0 aliphatic carbocycles. The molecule has 0 rings (SSSR count). The SMILES string of the molecule is CCCCCO[As](O)O. The van der Waals surface area contributed by atoms with E-state index in [-0.39, 0.29) is 0 Å². The van der Waals surface area contributed by atoms with Gasteiger partial charge in [-0.2, -0.15) is 0 Å². The van der Waals surface area contributed by atoms with Crippen molar-refractivity contribution in [1.29, 1.82) is 0 Å². The van der Waals surface area contributed by atoms with Crippen LogP contribution in [0.15, 0.2) is 0 Å². The minimum absolute atomic E-state index is 0.501. The van der Waals surface area contributed by atoms with E-state index in [0.29, 0.717) is 6.61 Å². The van der Waals surface area contributed by atoms with Gasteiger partial charge in [0, 0.05) is 0 Å². The third-order valence-electron chi connectivity index (χ3n) is 0.955. The van der Waals surface area contributed by atoms with Crippen LogP contribution in [-0.4, -0.2) is 30.5 Å². The Kier molecular flexibility index (Phi) is 6.88. The minimum atomic E-state index is -2.77. The molecule has 0 heterocycles. The van der Waals surface area contributed by atoms with Crippen molar-refractivity contribution in [3.8, 4) is 0 Å². The van der Waals surface area contributed by atoms with Gasteiger partial charge in [-0.1, -0.05) is 0 Å². The summed E-state index contributed by atoms with van der Waals surface area (Å²) in [5, 5.41) is 0. The Hall–Kier alpha value is 0.438. The first-order valence-corrected chi connectivity index (χ1v) is 5.52. The normalized spacial score (nSPS) is 10.7. The zero-order chi connectivity index (χ0) is 7.11. The van der Waals surface area contributed by atoms with E-state index in [4.69, 9.17) is 8.19 Å². The average molecular weight is 196 g/mol. The molecule has 9 heavy (non-hydrogen) atoms. The van der Waals surface area contributed by atoms with E-state index in [9.17, 15) is 0 Å². The van der Waals surface area contributed by atoms with Crippen molar-refractivity contribution >= 4 is 15.7 Å². The molecule has 0 aliphatic rings. The first-order chi connectivity index (χ1) is 4.27. The molecule has 0 aromatic rings. The summed E-state index contributed by atoms with van der Waals surface area (Å²) in [6.45, 7) is 2.59. The van der Waals surface area contributed by atoms with Gasteiger partial charge in [0.25, 0.3) is 0 Å². The molecule has 0 fully saturated rings. The molecular weight excluding hydrogens is 183 g/mol. The van der Waals surface area contributed by atoms with Crippen molar-refractivity contribution in [1.82, 2.24) is 0 Å². The fourth-order valence-electron chi connectivity index (χ4n) is 0.498. The predicted octanol–water partition coefficient (Wildman–Crippen LogP) is 0.163. The van der Waals surface area contributed by atoms with Crippen molar-refractivity contribution in [2.75, 3.05) is 6.61 Å². The third-order valence-corrected chi connectivity index (χ3v) is 1.82. The second kappa shape index (κ2) is 6.56. The molecule has 0 bridgehead atoms. The van der Waals surface area contributed by atoms with E-state index in [0.717, 1.165) is 19.3 Å². The molecule has 0 aromatic heterocycles. The van der Waals surface area contributed by atoms with E-state index in [1.165, 1.54) is 0 Å². The summed E-state index contributed by atoms with van der Waals surface area (Å²) in [5.41, 5.74) is 0. The average Bonchev–Trinajstić information content (AvgIpc) is 1.80. The first-order valence-electron chi connectivity index (χ1n) is 3.08. The molecule has 0 radical (unpaired) electrons. The van der Waals surface area contributed by atoms with Crippen LogP contribution in [0.25, 0.3) is 0 Å². The molecule has 56 valence electrons. The fourth-order valence-corrected chi connectivity index (χ4v) is 1.11. The van der Waals surface area contributed by atoms with Crippen LogP contribution < -0.4 is 0 Å². The monoisotopic (exact) mass is 196 g/mol. The maximum atomic E-state index is 8.33. The summed E-state index contributed by atoms with van der Waals surface area (Å²) in [7, 11) is 0. The molecule has 2 N–H and O–H groups in total. The Morgan fingerprint density at radius 3 is 2.44 bits per heavy atom. The van der Waals surface area contributed by atoms with Crippen LogP contribution in [0.4, 0.5) is 0 Å². The number of rotatable bonds is 5. The van der Waals surface area contributed by atoms with Gasteiger partial charge >= 0.3 is 60.4 Å². The van der Waals surface area contributed by atoms with Gasteiger partial charge in [-0.05, 0) is 0 Å². The molecule has 0 spiro atoms. The van der Waals surface area contributed by atoms with Gasteiger partial charge in [0.1, 0.15) is 0 Å². The van der Waals surface area contributed by atoms with Gasteiger partial charge in [-0.3, -0.25) is 0 Å². The Labute approximate surface area is 61.0 Å². The van der Waals surface area contributed by atoms with Crippen molar-refractivity contribution in [2.24, 2.45) is 0 Å². The van der Waals surface area contributed by atoms with E-state index < -0.39 is 15.7 Å². The van der Waals surface area contributed by atoms with Crippen LogP contribution >= 0.6 is 0 Å². The second-order valence-corrected chi connectivity index (χ2v) is 3.40. The van der Waals surface area contributed by atoms with E-state index >= 15 is 0 Å². The van der Waals surface area contributed by atoms with Crippen LogP contribution in [0.3, 0.4) is 0 Å². The molecule has 4 heteroatoms. The molecule has 0 aromatic carbocycles. The van der Waals surface area contributed by atoms with Gasteiger partial charge in [0.2, 0.25) is 0 Å². The predicted molar refractivity (Wildman–Crippen MR) is 35.7 cm³/mol. The Balaban J connectivity index is 2.75. The van der Waals surface area contributed by atoms with Gasteiger partial charge in [-0.25, -0.2) is 0 Å². The van der Waals surface area contributed by atoms with E-state index in [1.54, 1.807) is 0 Å². The summed E-state index contributed by atoms with van der Waals surface area (Å²) in [6.07, 6.45) is 3.17. The summed E-state index contributed by atoms with van der Waals surface area (Å²) in [4.78, 5) is 0. The summed E-state index contributed by atoms with van der Waals surface area (Å²) < 4.78 is 21.3. The van der Waals surface area contributed by atoms with Gasteiger partial charge in [0.15, 0.2) is 0 Å². The molecular formula is C5H13AsO3. The standard InChI is InChI=1S/C5H13AsO3/c1-2-3-4-5-9-6(7)8/h7-8H,2-5H2,1H3. The van der Waals surface area contributed by atoms with Crippen LogP contribution in [0.1, 0.15) is 26.2 Å². The molecule has 0 aliphatic heterocycles. The summed E-state index contributed by atoms with van der Waals surface area (Å²) >= 11 is -2.77. The Morgan fingerprint density at radius 1 is 1.33 bits per heavy atom. The van der Waals surface area contributed by atoms with Gasteiger partial charge < -0.3 is 0 Å². The van der Waals surface area contributed by atoms with Crippen LogP contribution in [-0.2, 0) is 3.73 Å². The first kappa shape index (κ1) is 9.44. The summed E-state index contributed by atoms with van der Waals surface area (Å²) in [6, 6.07) is 0.